The molecule has 5 nitrogen and oxygen atoms in total. The lowest BCUT2D eigenvalue weighted by Crippen LogP contribution is -2.39. The monoisotopic (exact) mass is 357 g/mol. The topological polar surface area (TPSA) is 65.2 Å². The van der Waals surface area contributed by atoms with Crippen LogP contribution in [-0.2, 0) is 0 Å². The van der Waals surface area contributed by atoms with Gasteiger partial charge in [0.05, 0.1) is 6.04 Å². The molecular formula is C20H24FN3O2. The average molecular weight is 357 g/mol. The molecule has 1 unspecified atom stereocenters. The van der Waals surface area contributed by atoms with Crippen molar-refractivity contribution in [2.75, 3.05) is 19.6 Å². The molecule has 0 bridgehead atoms. The fraction of sp³-hybridized carbons (Fsp3) is 0.400. The normalized spacial score (nSPS) is 15.8. The average Bonchev–Trinajstić information content (AvgIpc) is 3.10. The zero-order valence-corrected chi connectivity index (χ0v) is 15.1. The van der Waals surface area contributed by atoms with Crippen LogP contribution in [0.3, 0.4) is 0 Å². The number of aromatic nitrogens is 1. The van der Waals surface area contributed by atoms with Crippen molar-refractivity contribution in [3.8, 4) is 0 Å². The Balaban J connectivity index is 1.81. The molecule has 2 aromatic rings. The van der Waals surface area contributed by atoms with E-state index >= 15 is 0 Å². The number of nitrogens with zero attached hydrogens (tertiary/aromatic N) is 1. The lowest BCUT2D eigenvalue weighted by Gasteiger charge is -2.28. The van der Waals surface area contributed by atoms with Crippen LogP contribution in [0.25, 0.3) is 0 Å². The summed E-state index contributed by atoms with van der Waals surface area (Å²) < 4.78 is 14.3. The zero-order valence-electron chi connectivity index (χ0n) is 15.1. The second-order valence-corrected chi connectivity index (χ2v) is 6.83. The number of aryl methyl sites for hydroxylation is 2. The summed E-state index contributed by atoms with van der Waals surface area (Å²) in [6, 6.07) is 8.19. The summed E-state index contributed by atoms with van der Waals surface area (Å²) in [6.45, 7) is 5.52. The van der Waals surface area contributed by atoms with Crippen LogP contribution in [0.1, 0.15) is 46.1 Å². The van der Waals surface area contributed by atoms with Crippen molar-refractivity contribution in [2.45, 2.75) is 32.7 Å². The Morgan fingerprint density at radius 1 is 1.27 bits per heavy atom. The maximum atomic E-state index is 14.3. The molecule has 1 aliphatic rings. The van der Waals surface area contributed by atoms with E-state index in [1.807, 2.05) is 0 Å². The standard InChI is InChI=1S/C20H24FN3O2/c1-13-11-14(2)23-20(26)18(13)19(25)22-12-17(24-9-5-6-10-24)15-7-3-4-8-16(15)21/h3-4,7-8,11,17H,5-6,9-10,12H2,1-2H3,(H,22,25)(H,23,26). The van der Waals surface area contributed by atoms with Crippen LogP contribution in [0.5, 0.6) is 0 Å². The number of nitrogens with one attached hydrogen (secondary N) is 2. The quantitative estimate of drug-likeness (QED) is 0.865. The highest BCUT2D eigenvalue weighted by Crippen LogP contribution is 2.26. The molecule has 1 aliphatic heterocycles. The summed E-state index contributed by atoms with van der Waals surface area (Å²) in [7, 11) is 0. The van der Waals surface area contributed by atoms with Gasteiger partial charge in [-0.2, -0.15) is 0 Å². The molecule has 0 spiro atoms. The van der Waals surface area contributed by atoms with Gasteiger partial charge in [0.1, 0.15) is 11.4 Å². The van der Waals surface area contributed by atoms with Gasteiger partial charge in [-0.25, -0.2) is 4.39 Å². The summed E-state index contributed by atoms with van der Waals surface area (Å²) >= 11 is 0. The number of hydrogen-bond donors (Lipinski definition) is 2. The van der Waals surface area contributed by atoms with Crippen LogP contribution < -0.4 is 10.9 Å². The molecule has 1 fully saturated rings. The predicted octanol–water partition coefficient (Wildman–Crippen LogP) is 2.70. The van der Waals surface area contributed by atoms with E-state index in [9.17, 15) is 14.0 Å². The molecule has 1 amide bonds. The fourth-order valence-electron chi connectivity index (χ4n) is 3.65. The number of amides is 1. The van der Waals surface area contributed by atoms with Gasteiger partial charge in [0.15, 0.2) is 0 Å². The minimum Gasteiger partial charge on any atom is -0.350 e. The first-order chi connectivity index (χ1) is 12.5. The van der Waals surface area contributed by atoms with Crippen LogP contribution >= 0.6 is 0 Å². The van der Waals surface area contributed by atoms with Crippen LogP contribution in [-0.4, -0.2) is 35.4 Å². The third-order valence-electron chi connectivity index (χ3n) is 4.89. The summed E-state index contributed by atoms with van der Waals surface area (Å²) in [5.41, 5.74) is 1.63. The van der Waals surface area contributed by atoms with Crippen molar-refractivity contribution in [1.82, 2.24) is 15.2 Å². The van der Waals surface area contributed by atoms with Gasteiger partial charge < -0.3 is 10.3 Å². The minimum absolute atomic E-state index is 0.115. The molecule has 0 aliphatic carbocycles. The van der Waals surface area contributed by atoms with Crippen molar-refractivity contribution in [1.29, 1.82) is 0 Å². The predicted molar refractivity (Wildman–Crippen MR) is 98.8 cm³/mol. The molecule has 3 rings (SSSR count). The second-order valence-electron chi connectivity index (χ2n) is 6.83. The number of rotatable bonds is 5. The Morgan fingerprint density at radius 2 is 1.96 bits per heavy atom. The maximum Gasteiger partial charge on any atom is 0.261 e. The van der Waals surface area contributed by atoms with Crippen LogP contribution in [0, 0.1) is 19.7 Å². The molecule has 0 saturated carbocycles. The maximum absolute atomic E-state index is 14.3. The van der Waals surface area contributed by atoms with Gasteiger partial charge in [-0.3, -0.25) is 14.5 Å². The molecule has 26 heavy (non-hydrogen) atoms. The first-order valence-electron chi connectivity index (χ1n) is 8.94. The van der Waals surface area contributed by atoms with Crippen molar-refractivity contribution in [3.63, 3.8) is 0 Å². The molecule has 2 heterocycles. The fourth-order valence-corrected chi connectivity index (χ4v) is 3.65. The van der Waals surface area contributed by atoms with Gasteiger partial charge in [0, 0.05) is 17.8 Å². The van der Waals surface area contributed by atoms with Crippen molar-refractivity contribution in [3.05, 3.63) is 68.9 Å². The van der Waals surface area contributed by atoms with E-state index in [0.29, 0.717) is 16.8 Å². The van der Waals surface area contributed by atoms with Gasteiger partial charge in [-0.05, 0) is 57.5 Å². The molecule has 6 heteroatoms. The van der Waals surface area contributed by atoms with E-state index in [1.165, 1.54) is 6.07 Å². The molecule has 1 saturated heterocycles. The number of likely N-dealkylation sites (tertiary alicyclic amines) is 1. The number of halogens is 1. The Bertz CT molecular complexity index is 856. The number of aromatic amines is 1. The lowest BCUT2D eigenvalue weighted by molar-refractivity contribution is 0.0935. The largest absolute Gasteiger partial charge is 0.350 e. The molecule has 138 valence electrons. The number of carbonyl (C=O) groups excluding carboxylic acids is 1. The van der Waals surface area contributed by atoms with Crippen molar-refractivity contribution in [2.24, 2.45) is 0 Å². The Morgan fingerprint density at radius 3 is 2.62 bits per heavy atom. The molecular weight excluding hydrogens is 333 g/mol. The molecule has 0 radical (unpaired) electrons. The summed E-state index contributed by atoms with van der Waals surface area (Å²) in [5, 5.41) is 2.84. The van der Waals surface area contributed by atoms with E-state index in [2.05, 4.69) is 15.2 Å². The first kappa shape index (κ1) is 18.3. The minimum atomic E-state index is -0.427. The molecule has 2 N–H and O–H groups in total. The summed E-state index contributed by atoms with van der Waals surface area (Å²) in [4.78, 5) is 29.6. The lowest BCUT2D eigenvalue weighted by atomic mass is 10.0. The highest BCUT2D eigenvalue weighted by Gasteiger charge is 2.26. The first-order valence-corrected chi connectivity index (χ1v) is 8.94. The number of hydrogen-bond acceptors (Lipinski definition) is 3. The third-order valence-corrected chi connectivity index (χ3v) is 4.89. The molecule has 1 aromatic heterocycles. The van der Waals surface area contributed by atoms with Gasteiger partial charge in [-0.15, -0.1) is 0 Å². The van der Waals surface area contributed by atoms with Gasteiger partial charge in [0.2, 0.25) is 0 Å². The molecule has 1 atom stereocenters. The van der Waals surface area contributed by atoms with E-state index in [4.69, 9.17) is 0 Å². The number of carbonyl (C=O) groups is 1. The van der Waals surface area contributed by atoms with Crippen LogP contribution in [0.4, 0.5) is 4.39 Å². The van der Waals surface area contributed by atoms with E-state index in [-0.39, 0.29) is 24.0 Å². The number of H-pyrrole nitrogens is 1. The Labute approximate surface area is 152 Å². The van der Waals surface area contributed by atoms with Crippen molar-refractivity contribution < 1.29 is 9.18 Å². The van der Waals surface area contributed by atoms with Gasteiger partial charge in [-0.1, -0.05) is 18.2 Å². The summed E-state index contributed by atoms with van der Waals surface area (Å²) in [6.07, 6.45) is 2.13. The van der Waals surface area contributed by atoms with Crippen molar-refractivity contribution >= 4 is 5.91 Å². The number of pyridine rings is 1. The van der Waals surface area contributed by atoms with E-state index in [1.54, 1.807) is 38.1 Å². The third kappa shape index (κ3) is 3.85. The van der Waals surface area contributed by atoms with E-state index in [0.717, 1.165) is 25.9 Å². The Kier molecular flexibility index (Phi) is 5.52. The number of benzene rings is 1. The van der Waals surface area contributed by atoms with E-state index < -0.39 is 11.5 Å². The second kappa shape index (κ2) is 7.83. The highest BCUT2D eigenvalue weighted by atomic mass is 19.1. The smallest absolute Gasteiger partial charge is 0.261 e. The van der Waals surface area contributed by atoms with Gasteiger partial charge >= 0.3 is 0 Å². The zero-order chi connectivity index (χ0) is 18.7. The highest BCUT2D eigenvalue weighted by molar-refractivity contribution is 5.95. The Hall–Kier alpha value is -2.47. The molecule has 1 aromatic carbocycles. The van der Waals surface area contributed by atoms with Gasteiger partial charge in [0.25, 0.3) is 11.5 Å². The summed E-state index contributed by atoms with van der Waals surface area (Å²) in [5.74, 6) is -0.702. The van der Waals surface area contributed by atoms with Crippen LogP contribution in [0.15, 0.2) is 35.1 Å². The SMILES string of the molecule is Cc1cc(C)c(C(=O)NCC(c2ccccc2F)N2CCCC2)c(=O)[nH]1. The van der Waals surface area contributed by atoms with Crippen LogP contribution in [0.2, 0.25) is 0 Å².